The van der Waals surface area contributed by atoms with Crippen LogP contribution in [0.3, 0.4) is 0 Å². The molecule has 102 valence electrons. The second-order valence-electron chi connectivity index (χ2n) is 5.31. The number of hydrogen-bond acceptors (Lipinski definition) is 2. The fourth-order valence-electron chi connectivity index (χ4n) is 1.94. The maximum Gasteiger partial charge on any atom is 0.162 e. The molecule has 1 aromatic carbocycles. The van der Waals surface area contributed by atoms with E-state index in [4.69, 9.17) is 0 Å². The van der Waals surface area contributed by atoms with E-state index in [0.717, 1.165) is 6.07 Å². The fourth-order valence-corrected chi connectivity index (χ4v) is 1.94. The Morgan fingerprint density at radius 2 is 1.89 bits per heavy atom. The van der Waals surface area contributed by atoms with Crippen LogP contribution < -0.4 is 5.32 Å². The maximum atomic E-state index is 13.7. The van der Waals surface area contributed by atoms with E-state index in [1.54, 1.807) is 12.1 Å². The lowest BCUT2D eigenvalue weighted by atomic mass is 9.88. The molecule has 0 aliphatic carbocycles. The first kappa shape index (κ1) is 15.1. The van der Waals surface area contributed by atoms with Crippen molar-refractivity contribution in [2.75, 3.05) is 21.1 Å². The summed E-state index contributed by atoms with van der Waals surface area (Å²) in [5.41, 5.74) is 0.248. The van der Waals surface area contributed by atoms with Crippen LogP contribution in [-0.2, 0) is 6.42 Å². The summed E-state index contributed by atoms with van der Waals surface area (Å²) >= 11 is 0. The Bertz CT molecular complexity index is 403. The Hall–Kier alpha value is -1.00. The highest BCUT2D eigenvalue weighted by atomic mass is 19.2. The van der Waals surface area contributed by atoms with Crippen LogP contribution in [0, 0.1) is 11.6 Å². The number of benzene rings is 1. The van der Waals surface area contributed by atoms with Crippen LogP contribution in [0.5, 0.6) is 0 Å². The van der Waals surface area contributed by atoms with Crippen LogP contribution in [0.1, 0.15) is 19.4 Å². The monoisotopic (exact) mass is 256 g/mol. The number of rotatable bonds is 5. The van der Waals surface area contributed by atoms with Crippen molar-refractivity contribution in [3.05, 3.63) is 35.4 Å². The molecule has 1 unspecified atom stereocenters. The molecule has 18 heavy (non-hydrogen) atoms. The molecule has 0 aliphatic heterocycles. The Labute approximate surface area is 108 Å². The molecule has 0 fully saturated rings. The minimum absolute atomic E-state index is 0.0313. The minimum Gasteiger partial charge on any atom is -0.315 e. The Morgan fingerprint density at radius 3 is 2.39 bits per heavy atom. The van der Waals surface area contributed by atoms with Crippen LogP contribution >= 0.6 is 0 Å². The van der Waals surface area contributed by atoms with Crippen molar-refractivity contribution in [3.8, 4) is 0 Å². The van der Waals surface area contributed by atoms with Crippen LogP contribution in [0.2, 0.25) is 0 Å². The third kappa shape index (κ3) is 3.06. The molecule has 0 aliphatic rings. The molecule has 0 spiro atoms. The summed E-state index contributed by atoms with van der Waals surface area (Å²) in [6.07, 6.45) is 0.450. The zero-order chi connectivity index (χ0) is 13.9. The number of halogens is 2. The van der Waals surface area contributed by atoms with Gasteiger partial charge in [-0.15, -0.1) is 0 Å². The molecular formula is C14H22F2N2. The van der Waals surface area contributed by atoms with E-state index in [2.05, 4.69) is 24.1 Å². The minimum atomic E-state index is -0.787. The van der Waals surface area contributed by atoms with E-state index in [9.17, 15) is 8.78 Å². The van der Waals surface area contributed by atoms with Gasteiger partial charge < -0.3 is 10.2 Å². The van der Waals surface area contributed by atoms with Gasteiger partial charge in [-0.2, -0.15) is 0 Å². The second-order valence-corrected chi connectivity index (χ2v) is 5.31. The van der Waals surface area contributed by atoms with E-state index in [1.807, 2.05) is 21.1 Å². The normalized spacial score (nSPS) is 14.0. The van der Waals surface area contributed by atoms with Gasteiger partial charge in [0.25, 0.3) is 0 Å². The predicted octanol–water partition coefficient (Wildman–Crippen LogP) is 2.44. The van der Waals surface area contributed by atoms with Crippen LogP contribution in [-0.4, -0.2) is 37.6 Å². The van der Waals surface area contributed by atoms with Crippen LogP contribution in [0.4, 0.5) is 8.78 Å². The molecule has 2 nitrogen and oxygen atoms in total. The van der Waals surface area contributed by atoms with E-state index < -0.39 is 11.6 Å². The topological polar surface area (TPSA) is 15.3 Å². The van der Waals surface area contributed by atoms with Crippen molar-refractivity contribution in [3.63, 3.8) is 0 Å². The van der Waals surface area contributed by atoms with Gasteiger partial charge >= 0.3 is 0 Å². The molecule has 1 rings (SSSR count). The summed E-state index contributed by atoms with van der Waals surface area (Å²) in [5.74, 6) is -1.53. The van der Waals surface area contributed by atoms with E-state index in [1.165, 1.54) is 0 Å². The van der Waals surface area contributed by atoms with E-state index in [0.29, 0.717) is 12.0 Å². The average molecular weight is 256 g/mol. The van der Waals surface area contributed by atoms with Gasteiger partial charge in [0, 0.05) is 11.6 Å². The van der Waals surface area contributed by atoms with Crippen molar-refractivity contribution < 1.29 is 8.78 Å². The Morgan fingerprint density at radius 1 is 1.28 bits per heavy atom. The highest BCUT2D eigenvalue weighted by Crippen LogP contribution is 2.21. The summed E-state index contributed by atoms with van der Waals surface area (Å²) in [6.45, 7) is 4.15. The third-order valence-corrected chi connectivity index (χ3v) is 3.81. The van der Waals surface area contributed by atoms with Crippen LogP contribution in [0.25, 0.3) is 0 Å². The lowest BCUT2D eigenvalue weighted by Gasteiger charge is -2.40. The van der Waals surface area contributed by atoms with Crippen molar-refractivity contribution in [1.29, 1.82) is 0 Å². The Kier molecular flexibility index (Phi) is 4.82. The van der Waals surface area contributed by atoms with Crippen molar-refractivity contribution in [2.45, 2.75) is 31.8 Å². The number of nitrogens with one attached hydrogen (secondary N) is 1. The van der Waals surface area contributed by atoms with Crippen LogP contribution in [0.15, 0.2) is 18.2 Å². The molecule has 0 aromatic heterocycles. The molecule has 0 saturated heterocycles. The molecule has 4 heteroatoms. The lowest BCUT2D eigenvalue weighted by Crippen LogP contribution is -2.55. The zero-order valence-corrected chi connectivity index (χ0v) is 11.7. The first-order valence-electron chi connectivity index (χ1n) is 6.08. The molecule has 0 radical (unpaired) electrons. The molecule has 1 atom stereocenters. The van der Waals surface area contributed by atoms with Crippen molar-refractivity contribution in [1.82, 2.24) is 10.2 Å². The quantitative estimate of drug-likeness (QED) is 0.870. The van der Waals surface area contributed by atoms with Gasteiger partial charge in [-0.05, 0) is 53.0 Å². The lowest BCUT2D eigenvalue weighted by molar-refractivity contribution is 0.141. The van der Waals surface area contributed by atoms with Gasteiger partial charge in [0.1, 0.15) is 0 Å². The van der Waals surface area contributed by atoms with E-state index in [-0.39, 0.29) is 11.6 Å². The van der Waals surface area contributed by atoms with Crippen molar-refractivity contribution >= 4 is 0 Å². The number of likely N-dealkylation sites (N-methyl/N-ethyl adjacent to an activating group) is 2. The molecule has 1 N–H and O–H groups in total. The van der Waals surface area contributed by atoms with Crippen molar-refractivity contribution in [2.24, 2.45) is 0 Å². The number of hydrogen-bond donors (Lipinski definition) is 1. The highest BCUT2D eigenvalue weighted by molar-refractivity contribution is 5.21. The number of nitrogens with zero attached hydrogens (tertiary/aromatic N) is 1. The first-order valence-corrected chi connectivity index (χ1v) is 6.08. The largest absolute Gasteiger partial charge is 0.315 e. The maximum absolute atomic E-state index is 13.7. The molecule has 0 amide bonds. The van der Waals surface area contributed by atoms with Gasteiger partial charge in [0.15, 0.2) is 11.6 Å². The fraction of sp³-hybridized carbons (Fsp3) is 0.571. The Balaban J connectivity index is 2.97. The predicted molar refractivity (Wildman–Crippen MR) is 70.7 cm³/mol. The average Bonchev–Trinajstić information content (AvgIpc) is 2.30. The first-order chi connectivity index (χ1) is 8.30. The standard InChI is InChI=1S/C14H22F2N2/c1-14(2,18(4)5)12(17-3)9-10-7-6-8-11(15)13(10)16/h6-8,12,17H,9H2,1-5H3. The van der Waals surface area contributed by atoms with E-state index >= 15 is 0 Å². The molecule has 1 aromatic rings. The molecule has 0 bridgehead atoms. The molecule has 0 heterocycles. The molecular weight excluding hydrogens is 234 g/mol. The summed E-state index contributed by atoms with van der Waals surface area (Å²) in [4.78, 5) is 2.07. The SMILES string of the molecule is CNC(Cc1cccc(F)c1F)C(C)(C)N(C)C. The summed E-state index contributed by atoms with van der Waals surface area (Å²) < 4.78 is 26.9. The third-order valence-electron chi connectivity index (χ3n) is 3.81. The summed E-state index contributed by atoms with van der Waals surface area (Å²) in [5, 5.41) is 3.19. The second kappa shape index (κ2) is 5.76. The summed E-state index contributed by atoms with van der Waals surface area (Å²) in [6, 6.07) is 4.35. The smallest absolute Gasteiger partial charge is 0.162 e. The summed E-state index contributed by atoms with van der Waals surface area (Å²) in [7, 11) is 5.80. The van der Waals surface area contributed by atoms with Gasteiger partial charge in [-0.25, -0.2) is 8.78 Å². The molecule has 0 saturated carbocycles. The van der Waals surface area contributed by atoms with Gasteiger partial charge in [-0.3, -0.25) is 0 Å². The zero-order valence-electron chi connectivity index (χ0n) is 11.7. The van der Waals surface area contributed by atoms with Gasteiger partial charge in [0.05, 0.1) is 0 Å². The van der Waals surface area contributed by atoms with Gasteiger partial charge in [-0.1, -0.05) is 12.1 Å². The van der Waals surface area contributed by atoms with Gasteiger partial charge in [0.2, 0.25) is 0 Å². The highest BCUT2D eigenvalue weighted by Gasteiger charge is 2.31.